The minimum absolute atomic E-state index is 0.150. The smallest absolute Gasteiger partial charge is 0.126 e. The van der Waals surface area contributed by atoms with Crippen molar-refractivity contribution < 1.29 is 13.9 Å². The number of halogens is 2. The standard InChI is InChI=1S/C14H16F2N2O/c1-3-12-8-13(18(2)17-12)14(19)6-9-4-10(15)7-11(16)5-9/h4-5,7-8,14,19H,3,6H2,1-2H3. The molecule has 0 aliphatic rings. The molecule has 102 valence electrons. The summed E-state index contributed by atoms with van der Waals surface area (Å²) in [7, 11) is 1.74. The molecule has 1 aromatic carbocycles. The molecule has 0 saturated carbocycles. The Morgan fingerprint density at radius 2 is 1.84 bits per heavy atom. The SMILES string of the molecule is CCc1cc(C(O)Cc2cc(F)cc(F)c2)n(C)n1. The van der Waals surface area contributed by atoms with E-state index in [0.29, 0.717) is 11.3 Å². The van der Waals surface area contributed by atoms with Gasteiger partial charge in [-0.3, -0.25) is 4.68 Å². The van der Waals surface area contributed by atoms with Crippen LogP contribution in [0.25, 0.3) is 0 Å². The zero-order valence-electron chi connectivity index (χ0n) is 10.9. The Bertz CT molecular complexity index is 561. The molecule has 5 heteroatoms. The molecule has 0 bridgehead atoms. The Hall–Kier alpha value is -1.75. The van der Waals surface area contributed by atoms with Crippen LogP contribution >= 0.6 is 0 Å². The van der Waals surface area contributed by atoms with Gasteiger partial charge in [-0.2, -0.15) is 5.10 Å². The van der Waals surface area contributed by atoms with E-state index in [2.05, 4.69) is 5.10 Å². The summed E-state index contributed by atoms with van der Waals surface area (Å²) < 4.78 is 27.8. The van der Waals surface area contributed by atoms with Crippen molar-refractivity contribution in [3.05, 3.63) is 52.9 Å². The Balaban J connectivity index is 2.20. The van der Waals surface area contributed by atoms with Crippen LogP contribution in [0.5, 0.6) is 0 Å². The number of hydrogen-bond donors (Lipinski definition) is 1. The van der Waals surface area contributed by atoms with Gasteiger partial charge >= 0.3 is 0 Å². The Morgan fingerprint density at radius 1 is 1.21 bits per heavy atom. The highest BCUT2D eigenvalue weighted by molar-refractivity contribution is 5.21. The maximum absolute atomic E-state index is 13.1. The van der Waals surface area contributed by atoms with Crippen LogP contribution in [-0.4, -0.2) is 14.9 Å². The molecular weight excluding hydrogens is 250 g/mol. The first-order chi connectivity index (χ1) is 8.99. The molecular formula is C14H16F2N2O. The molecule has 1 aromatic heterocycles. The van der Waals surface area contributed by atoms with Gasteiger partial charge in [0.25, 0.3) is 0 Å². The third kappa shape index (κ3) is 3.17. The summed E-state index contributed by atoms with van der Waals surface area (Å²) >= 11 is 0. The number of aliphatic hydroxyl groups is 1. The molecule has 0 radical (unpaired) electrons. The Kier molecular flexibility index (Phi) is 3.95. The molecule has 0 aliphatic heterocycles. The van der Waals surface area contributed by atoms with Crippen molar-refractivity contribution >= 4 is 0 Å². The number of aromatic nitrogens is 2. The van der Waals surface area contributed by atoms with Crippen molar-refractivity contribution in [1.29, 1.82) is 0 Å². The predicted octanol–water partition coefficient (Wildman–Crippen LogP) is 2.54. The fourth-order valence-corrected chi connectivity index (χ4v) is 2.08. The Labute approximate surface area is 110 Å². The molecule has 0 saturated heterocycles. The minimum Gasteiger partial charge on any atom is -0.386 e. The van der Waals surface area contributed by atoms with Crippen molar-refractivity contribution in [3.8, 4) is 0 Å². The minimum atomic E-state index is -0.834. The summed E-state index contributed by atoms with van der Waals surface area (Å²) in [5.41, 5.74) is 1.94. The first-order valence-electron chi connectivity index (χ1n) is 6.15. The first-order valence-corrected chi connectivity index (χ1v) is 6.15. The summed E-state index contributed by atoms with van der Waals surface area (Å²) in [5.74, 6) is -1.28. The van der Waals surface area contributed by atoms with E-state index in [0.717, 1.165) is 18.2 Å². The van der Waals surface area contributed by atoms with Crippen LogP contribution in [-0.2, 0) is 19.9 Å². The van der Waals surface area contributed by atoms with Gasteiger partial charge in [-0.05, 0) is 30.2 Å². The second-order valence-electron chi connectivity index (χ2n) is 4.54. The van der Waals surface area contributed by atoms with Crippen molar-refractivity contribution in [2.45, 2.75) is 25.9 Å². The molecule has 1 N–H and O–H groups in total. The van der Waals surface area contributed by atoms with Gasteiger partial charge in [0.15, 0.2) is 0 Å². The average Bonchev–Trinajstić information content (AvgIpc) is 2.69. The summed E-state index contributed by atoms with van der Waals surface area (Å²) in [6, 6.07) is 5.07. The third-order valence-electron chi connectivity index (χ3n) is 3.02. The van der Waals surface area contributed by atoms with Crippen molar-refractivity contribution in [1.82, 2.24) is 9.78 Å². The monoisotopic (exact) mass is 266 g/mol. The van der Waals surface area contributed by atoms with E-state index in [1.165, 1.54) is 12.1 Å². The normalized spacial score (nSPS) is 12.7. The van der Waals surface area contributed by atoms with Gasteiger partial charge in [-0.15, -0.1) is 0 Å². The molecule has 0 amide bonds. The number of aliphatic hydroxyl groups excluding tert-OH is 1. The first kappa shape index (κ1) is 13.7. The molecule has 2 aromatic rings. The molecule has 0 spiro atoms. The lowest BCUT2D eigenvalue weighted by atomic mass is 10.0. The lowest BCUT2D eigenvalue weighted by molar-refractivity contribution is 0.168. The van der Waals surface area contributed by atoms with E-state index in [4.69, 9.17) is 0 Å². The number of benzene rings is 1. The van der Waals surface area contributed by atoms with E-state index < -0.39 is 17.7 Å². The van der Waals surface area contributed by atoms with Crippen LogP contribution in [0.2, 0.25) is 0 Å². The van der Waals surface area contributed by atoms with Crippen molar-refractivity contribution in [2.24, 2.45) is 7.05 Å². The topological polar surface area (TPSA) is 38.0 Å². The van der Waals surface area contributed by atoms with Crippen molar-refractivity contribution in [2.75, 3.05) is 0 Å². The van der Waals surface area contributed by atoms with E-state index in [1.54, 1.807) is 17.8 Å². The second kappa shape index (κ2) is 5.48. The van der Waals surface area contributed by atoms with Gasteiger partial charge in [0.05, 0.1) is 17.5 Å². The average molecular weight is 266 g/mol. The molecule has 1 unspecified atom stereocenters. The predicted molar refractivity (Wildman–Crippen MR) is 67.6 cm³/mol. The molecule has 19 heavy (non-hydrogen) atoms. The van der Waals surface area contributed by atoms with Crippen molar-refractivity contribution in [3.63, 3.8) is 0 Å². The van der Waals surface area contributed by atoms with Gasteiger partial charge in [0.1, 0.15) is 11.6 Å². The third-order valence-corrected chi connectivity index (χ3v) is 3.02. The maximum atomic E-state index is 13.1. The van der Waals surface area contributed by atoms with Crippen LogP contribution < -0.4 is 0 Å². The quantitative estimate of drug-likeness (QED) is 0.923. The highest BCUT2D eigenvalue weighted by Crippen LogP contribution is 2.20. The highest BCUT2D eigenvalue weighted by atomic mass is 19.1. The van der Waals surface area contributed by atoms with Crippen LogP contribution in [0, 0.1) is 11.6 Å². The van der Waals surface area contributed by atoms with Gasteiger partial charge in [-0.25, -0.2) is 8.78 Å². The van der Waals surface area contributed by atoms with Crippen LogP contribution in [0.1, 0.15) is 30.0 Å². The molecule has 1 atom stereocenters. The fraction of sp³-hybridized carbons (Fsp3) is 0.357. The van der Waals surface area contributed by atoms with Gasteiger partial charge in [-0.1, -0.05) is 6.92 Å². The number of aryl methyl sites for hydroxylation is 2. The number of nitrogens with zero attached hydrogens (tertiary/aromatic N) is 2. The summed E-state index contributed by atoms with van der Waals surface area (Å²) in [6.07, 6.45) is 0.0889. The molecule has 0 aliphatic carbocycles. The molecule has 0 fully saturated rings. The van der Waals surface area contributed by atoms with E-state index in [9.17, 15) is 13.9 Å². The zero-order valence-corrected chi connectivity index (χ0v) is 10.9. The molecule has 2 rings (SSSR count). The highest BCUT2D eigenvalue weighted by Gasteiger charge is 2.15. The molecule has 3 nitrogen and oxygen atoms in total. The van der Waals surface area contributed by atoms with Crippen LogP contribution in [0.4, 0.5) is 8.78 Å². The van der Waals surface area contributed by atoms with Gasteiger partial charge < -0.3 is 5.11 Å². The molecule has 1 heterocycles. The maximum Gasteiger partial charge on any atom is 0.126 e. The van der Waals surface area contributed by atoms with Gasteiger partial charge in [0.2, 0.25) is 0 Å². The lowest BCUT2D eigenvalue weighted by Gasteiger charge is -2.11. The van der Waals surface area contributed by atoms with E-state index >= 15 is 0 Å². The second-order valence-corrected chi connectivity index (χ2v) is 4.54. The zero-order chi connectivity index (χ0) is 14.0. The van der Waals surface area contributed by atoms with E-state index in [-0.39, 0.29) is 6.42 Å². The van der Waals surface area contributed by atoms with Crippen LogP contribution in [0.3, 0.4) is 0 Å². The Morgan fingerprint density at radius 3 is 2.37 bits per heavy atom. The lowest BCUT2D eigenvalue weighted by Crippen LogP contribution is -2.08. The number of rotatable bonds is 4. The number of hydrogen-bond acceptors (Lipinski definition) is 2. The van der Waals surface area contributed by atoms with Gasteiger partial charge in [0, 0.05) is 19.5 Å². The largest absolute Gasteiger partial charge is 0.386 e. The summed E-state index contributed by atoms with van der Waals surface area (Å²) in [5, 5.41) is 14.4. The van der Waals surface area contributed by atoms with Crippen LogP contribution in [0.15, 0.2) is 24.3 Å². The van der Waals surface area contributed by atoms with E-state index in [1.807, 2.05) is 6.92 Å². The summed E-state index contributed by atoms with van der Waals surface area (Å²) in [6.45, 7) is 1.97. The summed E-state index contributed by atoms with van der Waals surface area (Å²) in [4.78, 5) is 0. The fourth-order valence-electron chi connectivity index (χ4n) is 2.08.